The lowest BCUT2D eigenvalue weighted by Gasteiger charge is -1.88. The summed E-state index contributed by atoms with van der Waals surface area (Å²) >= 11 is 1.69. The summed E-state index contributed by atoms with van der Waals surface area (Å²) in [5.41, 5.74) is 0. The minimum absolute atomic E-state index is 0.313. The van der Waals surface area contributed by atoms with Gasteiger partial charge in [-0.3, -0.25) is 0 Å². The van der Waals surface area contributed by atoms with Gasteiger partial charge < -0.3 is 4.74 Å². The van der Waals surface area contributed by atoms with Crippen LogP contribution in [-0.2, 0) is 16.0 Å². The van der Waals surface area contributed by atoms with Gasteiger partial charge in [-0.15, -0.1) is 11.3 Å². The van der Waals surface area contributed by atoms with E-state index in [-0.39, 0.29) is 5.97 Å². The van der Waals surface area contributed by atoms with E-state index in [4.69, 9.17) is 0 Å². The predicted molar refractivity (Wildman–Crippen MR) is 54.7 cm³/mol. The Morgan fingerprint density at radius 2 is 2.38 bits per heavy atom. The lowest BCUT2D eigenvalue weighted by Crippen LogP contribution is -1.92. The van der Waals surface area contributed by atoms with Gasteiger partial charge in [-0.05, 0) is 24.6 Å². The first kappa shape index (κ1) is 9.99. The molecule has 0 aliphatic carbocycles. The number of hydrogen-bond donors (Lipinski definition) is 0. The van der Waals surface area contributed by atoms with Crippen LogP contribution in [0.25, 0.3) is 6.08 Å². The maximum absolute atomic E-state index is 10.8. The molecule has 1 rings (SSSR count). The van der Waals surface area contributed by atoms with Crippen LogP contribution in [0.3, 0.4) is 0 Å². The number of carbonyl (C=O) groups is 1. The Labute approximate surface area is 81.8 Å². The molecule has 0 aliphatic heterocycles. The monoisotopic (exact) mass is 196 g/mol. The fraction of sp³-hybridized carbons (Fsp3) is 0.300. The summed E-state index contributed by atoms with van der Waals surface area (Å²) in [6.07, 6.45) is 4.25. The zero-order valence-electron chi connectivity index (χ0n) is 7.74. The van der Waals surface area contributed by atoms with E-state index in [2.05, 4.69) is 17.7 Å². The first-order valence-electron chi connectivity index (χ1n) is 4.11. The van der Waals surface area contributed by atoms with Crippen molar-refractivity contribution in [1.82, 2.24) is 0 Å². The van der Waals surface area contributed by atoms with Crippen LogP contribution in [0.4, 0.5) is 0 Å². The van der Waals surface area contributed by atoms with Gasteiger partial charge in [-0.1, -0.05) is 6.92 Å². The summed E-state index contributed by atoms with van der Waals surface area (Å²) in [5, 5.41) is 0. The number of thiophene rings is 1. The normalized spacial score (nSPS) is 10.6. The quantitative estimate of drug-likeness (QED) is 0.548. The third-order valence-corrected chi connectivity index (χ3v) is 2.81. The van der Waals surface area contributed by atoms with Crippen molar-refractivity contribution in [2.75, 3.05) is 7.11 Å². The number of rotatable bonds is 3. The summed E-state index contributed by atoms with van der Waals surface area (Å²) in [5.74, 6) is -0.313. The van der Waals surface area contributed by atoms with E-state index in [0.717, 1.165) is 11.3 Å². The second-order valence-corrected chi connectivity index (χ2v) is 3.71. The molecule has 0 aromatic carbocycles. The summed E-state index contributed by atoms with van der Waals surface area (Å²) in [7, 11) is 1.37. The molecule has 3 heteroatoms. The van der Waals surface area contributed by atoms with Crippen LogP contribution in [-0.4, -0.2) is 13.1 Å². The van der Waals surface area contributed by atoms with E-state index in [1.165, 1.54) is 18.1 Å². The molecular formula is C10H12O2S. The Hall–Kier alpha value is -1.09. The topological polar surface area (TPSA) is 26.3 Å². The average Bonchev–Trinajstić information content (AvgIpc) is 2.61. The largest absolute Gasteiger partial charge is 0.466 e. The zero-order chi connectivity index (χ0) is 9.68. The van der Waals surface area contributed by atoms with E-state index >= 15 is 0 Å². The molecule has 0 spiro atoms. The van der Waals surface area contributed by atoms with Crippen LogP contribution < -0.4 is 0 Å². The van der Waals surface area contributed by atoms with Crippen molar-refractivity contribution < 1.29 is 9.53 Å². The molecule has 70 valence electrons. The highest BCUT2D eigenvalue weighted by atomic mass is 32.1. The van der Waals surface area contributed by atoms with Crippen LogP contribution in [0.15, 0.2) is 18.2 Å². The Bertz CT molecular complexity index is 312. The highest BCUT2D eigenvalue weighted by Crippen LogP contribution is 2.17. The summed E-state index contributed by atoms with van der Waals surface area (Å²) in [4.78, 5) is 13.2. The fourth-order valence-electron chi connectivity index (χ4n) is 0.892. The molecule has 1 aromatic heterocycles. The molecule has 0 unspecified atom stereocenters. The maximum Gasteiger partial charge on any atom is 0.330 e. The molecule has 0 fully saturated rings. The highest BCUT2D eigenvalue weighted by Gasteiger charge is 1.95. The molecule has 0 radical (unpaired) electrons. The number of aryl methyl sites for hydroxylation is 1. The van der Waals surface area contributed by atoms with E-state index < -0.39 is 0 Å². The Balaban J connectivity index is 2.63. The Morgan fingerprint density at radius 1 is 1.62 bits per heavy atom. The van der Waals surface area contributed by atoms with Crippen molar-refractivity contribution in [3.8, 4) is 0 Å². The SMILES string of the molecule is CCc1ccc(/C=C/C(=O)OC)s1. The molecule has 0 bridgehead atoms. The van der Waals surface area contributed by atoms with Gasteiger partial charge in [0.05, 0.1) is 7.11 Å². The van der Waals surface area contributed by atoms with E-state index in [9.17, 15) is 4.79 Å². The van der Waals surface area contributed by atoms with Crippen LogP contribution in [0.5, 0.6) is 0 Å². The van der Waals surface area contributed by atoms with Gasteiger partial charge in [0.1, 0.15) is 0 Å². The van der Waals surface area contributed by atoms with Gasteiger partial charge >= 0.3 is 5.97 Å². The first-order chi connectivity index (χ1) is 6.26. The molecule has 0 amide bonds. The van der Waals surface area contributed by atoms with E-state index in [1.54, 1.807) is 17.4 Å². The molecule has 0 atom stereocenters. The number of esters is 1. The lowest BCUT2D eigenvalue weighted by molar-refractivity contribution is -0.134. The van der Waals surface area contributed by atoms with Gasteiger partial charge in [-0.2, -0.15) is 0 Å². The van der Waals surface area contributed by atoms with E-state index in [1.807, 2.05) is 6.07 Å². The van der Waals surface area contributed by atoms with Crippen LogP contribution in [0, 0.1) is 0 Å². The second-order valence-electron chi connectivity index (χ2n) is 2.51. The maximum atomic E-state index is 10.8. The summed E-state index contributed by atoms with van der Waals surface area (Å²) in [6, 6.07) is 4.07. The number of ether oxygens (including phenoxy) is 1. The van der Waals surface area contributed by atoms with Crippen molar-refractivity contribution in [2.24, 2.45) is 0 Å². The Kier molecular flexibility index (Phi) is 3.71. The average molecular weight is 196 g/mol. The van der Waals surface area contributed by atoms with Gasteiger partial charge in [0, 0.05) is 15.8 Å². The second kappa shape index (κ2) is 4.82. The molecule has 0 aliphatic rings. The van der Waals surface area contributed by atoms with Gasteiger partial charge in [0.15, 0.2) is 0 Å². The molecule has 2 nitrogen and oxygen atoms in total. The highest BCUT2D eigenvalue weighted by molar-refractivity contribution is 7.12. The molecule has 0 saturated heterocycles. The van der Waals surface area contributed by atoms with Gasteiger partial charge in [-0.25, -0.2) is 4.79 Å². The minimum atomic E-state index is -0.313. The third kappa shape index (κ3) is 3.03. The summed E-state index contributed by atoms with van der Waals surface area (Å²) < 4.78 is 4.48. The van der Waals surface area contributed by atoms with Crippen molar-refractivity contribution >= 4 is 23.4 Å². The zero-order valence-corrected chi connectivity index (χ0v) is 8.56. The molecular weight excluding hydrogens is 184 g/mol. The number of hydrogen-bond acceptors (Lipinski definition) is 3. The molecule has 13 heavy (non-hydrogen) atoms. The number of methoxy groups -OCH3 is 1. The predicted octanol–water partition coefficient (Wildman–Crippen LogP) is 2.50. The van der Waals surface area contributed by atoms with Gasteiger partial charge in [0.25, 0.3) is 0 Å². The van der Waals surface area contributed by atoms with Crippen LogP contribution in [0.1, 0.15) is 16.7 Å². The fourth-order valence-corrected chi connectivity index (χ4v) is 1.75. The minimum Gasteiger partial charge on any atom is -0.466 e. The lowest BCUT2D eigenvalue weighted by atomic mass is 10.3. The van der Waals surface area contributed by atoms with E-state index in [0.29, 0.717) is 0 Å². The van der Waals surface area contributed by atoms with Crippen molar-refractivity contribution in [2.45, 2.75) is 13.3 Å². The molecule has 1 aromatic rings. The Morgan fingerprint density at radius 3 is 2.92 bits per heavy atom. The first-order valence-corrected chi connectivity index (χ1v) is 4.92. The van der Waals surface area contributed by atoms with Crippen molar-refractivity contribution in [3.63, 3.8) is 0 Å². The number of carbonyl (C=O) groups excluding carboxylic acids is 1. The van der Waals surface area contributed by atoms with Gasteiger partial charge in [0.2, 0.25) is 0 Å². The van der Waals surface area contributed by atoms with Crippen molar-refractivity contribution in [3.05, 3.63) is 28.0 Å². The summed E-state index contributed by atoms with van der Waals surface area (Å²) in [6.45, 7) is 2.11. The molecule has 1 heterocycles. The smallest absolute Gasteiger partial charge is 0.330 e. The van der Waals surface area contributed by atoms with Crippen LogP contribution in [0.2, 0.25) is 0 Å². The standard InChI is InChI=1S/C10H12O2S/c1-3-8-4-5-9(13-8)6-7-10(11)12-2/h4-7H,3H2,1-2H3/b7-6+. The van der Waals surface area contributed by atoms with Crippen molar-refractivity contribution in [1.29, 1.82) is 0 Å². The third-order valence-electron chi connectivity index (χ3n) is 1.62. The molecule has 0 saturated carbocycles. The molecule has 0 N–H and O–H groups in total. The van der Waals surface area contributed by atoms with Crippen LogP contribution >= 0.6 is 11.3 Å².